The van der Waals surface area contributed by atoms with Gasteiger partial charge in [0.05, 0.1) is 13.1 Å². The number of rotatable bonds is 3. The molecule has 4 heteroatoms. The van der Waals surface area contributed by atoms with E-state index in [9.17, 15) is 4.79 Å². The van der Waals surface area contributed by atoms with Crippen LogP contribution in [0, 0.1) is 0 Å². The monoisotopic (exact) mass is 217 g/mol. The molecule has 0 saturated carbocycles. The number of hydrogen-bond acceptors (Lipinski definition) is 4. The van der Waals surface area contributed by atoms with Crippen molar-refractivity contribution in [1.29, 1.82) is 0 Å². The van der Waals surface area contributed by atoms with Crippen LogP contribution in [0.4, 0.5) is 0 Å². The smallest absolute Gasteiger partial charge is 0.177 e. The Morgan fingerprint density at radius 2 is 2.25 bits per heavy atom. The van der Waals surface area contributed by atoms with E-state index in [-0.39, 0.29) is 12.3 Å². The van der Waals surface area contributed by atoms with E-state index in [2.05, 4.69) is 9.89 Å². The Morgan fingerprint density at radius 3 is 2.88 bits per heavy atom. The molecule has 0 radical (unpaired) electrons. The average molecular weight is 217 g/mol. The highest BCUT2D eigenvalue weighted by Crippen LogP contribution is 2.15. The second kappa shape index (κ2) is 4.45. The SMILES string of the molecule is CN1CCN=C1c1ccccc1C(=O)CN. The van der Waals surface area contributed by atoms with Gasteiger partial charge in [0, 0.05) is 24.7 Å². The molecule has 16 heavy (non-hydrogen) atoms. The lowest BCUT2D eigenvalue weighted by molar-refractivity contribution is 0.100. The first-order chi connectivity index (χ1) is 7.74. The molecule has 1 aromatic rings. The number of amidine groups is 1. The third-order valence-corrected chi connectivity index (χ3v) is 2.71. The molecule has 4 nitrogen and oxygen atoms in total. The van der Waals surface area contributed by atoms with Crippen LogP contribution >= 0.6 is 0 Å². The molecule has 0 saturated heterocycles. The zero-order valence-electron chi connectivity index (χ0n) is 9.31. The second-order valence-corrected chi connectivity index (χ2v) is 3.80. The lowest BCUT2D eigenvalue weighted by Crippen LogP contribution is -2.26. The predicted octanol–water partition coefficient (Wildman–Crippen LogP) is 0.520. The number of nitrogens with zero attached hydrogens (tertiary/aromatic N) is 2. The van der Waals surface area contributed by atoms with Crippen molar-refractivity contribution in [2.45, 2.75) is 0 Å². The third-order valence-electron chi connectivity index (χ3n) is 2.71. The van der Waals surface area contributed by atoms with Gasteiger partial charge < -0.3 is 10.6 Å². The van der Waals surface area contributed by atoms with Gasteiger partial charge in [-0.05, 0) is 0 Å². The normalized spacial score (nSPS) is 15.1. The van der Waals surface area contributed by atoms with Crippen molar-refractivity contribution in [2.24, 2.45) is 10.7 Å². The lowest BCUT2D eigenvalue weighted by Gasteiger charge is -2.16. The molecule has 2 rings (SSSR count). The van der Waals surface area contributed by atoms with Crippen LogP contribution < -0.4 is 5.73 Å². The van der Waals surface area contributed by atoms with Crippen molar-refractivity contribution in [3.63, 3.8) is 0 Å². The maximum atomic E-state index is 11.7. The largest absolute Gasteiger partial charge is 0.358 e. The van der Waals surface area contributed by atoms with Crippen LogP contribution in [-0.4, -0.2) is 43.2 Å². The highest BCUT2D eigenvalue weighted by Gasteiger charge is 2.19. The molecule has 1 aliphatic rings. The first-order valence-corrected chi connectivity index (χ1v) is 5.32. The minimum atomic E-state index is -0.0430. The van der Waals surface area contributed by atoms with Gasteiger partial charge in [0.1, 0.15) is 5.84 Å². The number of hydrogen-bond donors (Lipinski definition) is 1. The molecule has 0 atom stereocenters. The Hall–Kier alpha value is -1.68. The van der Waals surface area contributed by atoms with Crippen LogP contribution in [0.1, 0.15) is 15.9 Å². The topological polar surface area (TPSA) is 58.7 Å². The van der Waals surface area contributed by atoms with Crippen LogP contribution in [0.3, 0.4) is 0 Å². The zero-order valence-corrected chi connectivity index (χ0v) is 9.31. The minimum Gasteiger partial charge on any atom is -0.358 e. The van der Waals surface area contributed by atoms with Crippen LogP contribution in [0.15, 0.2) is 29.3 Å². The molecule has 2 N–H and O–H groups in total. The maximum absolute atomic E-state index is 11.7. The van der Waals surface area contributed by atoms with Crippen molar-refractivity contribution < 1.29 is 4.79 Å². The molecule has 1 aromatic carbocycles. The van der Waals surface area contributed by atoms with E-state index in [4.69, 9.17) is 5.73 Å². The molecule has 84 valence electrons. The molecule has 0 aromatic heterocycles. The van der Waals surface area contributed by atoms with Gasteiger partial charge in [0.15, 0.2) is 5.78 Å². The highest BCUT2D eigenvalue weighted by molar-refractivity contribution is 6.10. The zero-order chi connectivity index (χ0) is 11.5. The van der Waals surface area contributed by atoms with Crippen molar-refractivity contribution >= 4 is 11.6 Å². The van der Waals surface area contributed by atoms with Crippen molar-refractivity contribution in [3.8, 4) is 0 Å². The molecule has 1 aliphatic heterocycles. The quantitative estimate of drug-likeness (QED) is 0.751. The number of carbonyl (C=O) groups is 1. The van der Waals surface area contributed by atoms with Gasteiger partial charge >= 0.3 is 0 Å². The molecule has 0 bridgehead atoms. The molecule has 0 aliphatic carbocycles. The summed E-state index contributed by atoms with van der Waals surface area (Å²) < 4.78 is 0. The third kappa shape index (κ3) is 1.84. The standard InChI is InChI=1S/C12H15N3O/c1-15-7-6-14-12(15)10-5-3-2-4-9(10)11(16)8-13/h2-5H,6-8,13H2,1H3. The van der Waals surface area contributed by atoms with E-state index in [1.165, 1.54) is 0 Å². The fourth-order valence-corrected chi connectivity index (χ4v) is 1.85. The summed E-state index contributed by atoms with van der Waals surface area (Å²) in [4.78, 5) is 18.2. The highest BCUT2D eigenvalue weighted by atomic mass is 16.1. The van der Waals surface area contributed by atoms with Gasteiger partial charge in [-0.3, -0.25) is 9.79 Å². The van der Waals surface area contributed by atoms with E-state index >= 15 is 0 Å². The summed E-state index contributed by atoms with van der Waals surface area (Å²) in [6, 6.07) is 7.49. The summed E-state index contributed by atoms with van der Waals surface area (Å²) in [6.07, 6.45) is 0. The van der Waals surface area contributed by atoms with Crippen LogP contribution in [-0.2, 0) is 0 Å². The Balaban J connectivity index is 2.44. The van der Waals surface area contributed by atoms with E-state index in [1.54, 1.807) is 6.07 Å². The maximum Gasteiger partial charge on any atom is 0.177 e. The number of nitrogens with two attached hydrogens (primary N) is 1. The number of benzene rings is 1. The Kier molecular flexibility index (Phi) is 3.01. The van der Waals surface area contributed by atoms with Gasteiger partial charge in [-0.25, -0.2) is 0 Å². The van der Waals surface area contributed by atoms with Crippen molar-refractivity contribution in [2.75, 3.05) is 26.7 Å². The summed E-state index contributed by atoms with van der Waals surface area (Å²) in [6.45, 7) is 1.73. The van der Waals surface area contributed by atoms with Gasteiger partial charge in [-0.15, -0.1) is 0 Å². The molecule has 0 amide bonds. The summed E-state index contributed by atoms with van der Waals surface area (Å²) >= 11 is 0. The van der Waals surface area contributed by atoms with E-state index in [0.717, 1.165) is 24.5 Å². The molecule has 0 fully saturated rings. The fourth-order valence-electron chi connectivity index (χ4n) is 1.85. The van der Waals surface area contributed by atoms with Crippen LogP contribution in [0.25, 0.3) is 0 Å². The average Bonchev–Trinajstić information content (AvgIpc) is 2.74. The van der Waals surface area contributed by atoms with E-state index in [0.29, 0.717) is 5.56 Å². The Bertz CT molecular complexity index is 440. The Morgan fingerprint density at radius 1 is 1.50 bits per heavy atom. The van der Waals surface area contributed by atoms with Gasteiger partial charge in [0.2, 0.25) is 0 Å². The Labute approximate surface area is 94.8 Å². The van der Waals surface area contributed by atoms with Crippen LogP contribution in [0.5, 0.6) is 0 Å². The molecule has 0 spiro atoms. The summed E-state index contributed by atoms with van der Waals surface area (Å²) in [5.74, 6) is 0.844. The molecular weight excluding hydrogens is 202 g/mol. The first kappa shape index (κ1) is 10.8. The summed E-state index contributed by atoms with van der Waals surface area (Å²) in [7, 11) is 1.98. The predicted molar refractivity (Wildman–Crippen MR) is 63.9 cm³/mol. The summed E-state index contributed by atoms with van der Waals surface area (Å²) in [5, 5.41) is 0. The molecular formula is C12H15N3O. The van der Waals surface area contributed by atoms with Crippen molar-refractivity contribution in [3.05, 3.63) is 35.4 Å². The van der Waals surface area contributed by atoms with E-state index < -0.39 is 0 Å². The van der Waals surface area contributed by atoms with Crippen LogP contribution in [0.2, 0.25) is 0 Å². The number of Topliss-reactive ketones (excluding diaryl/α,β-unsaturated/α-hetero) is 1. The van der Waals surface area contributed by atoms with E-state index in [1.807, 2.05) is 25.2 Å². The number of carbonyl (C=O) groups excluding carboxylic acids is 1. The first-order valence-electron chi connectivity index (χ1n) is 5.32. The summed E-state index contributed by atoms with van der Waals surface area (Å²) in [5.41, 5.74) is 6.95. The lowest BCUT2D eigenvalue weighted by atomic mass is 10.0. The minimum absolute atomic E-state index is 0.0357. The van der Waals surface area contributed by atoms with Gasteiger partial charge in [-0.1, -0.05) is 24.3 Å². The van der Waals surface area contributed by atoms with Gasteiger partial charge in [-0.2, -0.15) is 0 Å². The second-order valence-electron chi connectivity index (χ2n) is 3.80. The molecule has 1 heterocycles. The number of ketones is 1. The van der Waals surface area contributed by atoms with Crippen molar-refractivity contribution in [1.82, 2.24) is 4.90 Å². The number of likely N-dealkylation sites (N-methyl/N-ethyl adjacent to an activating group) is 1. The fraction of sp³-hybridized carbons (Fsp3) is 0.333. The molecule has 0 unspecified atom stereocenters. The number of aliphatic imine (C=N–C) groups is 1. The van der Waals surface area contributed by atoms with Gasteiger partial charge in [0.25, 0.3) is 0 Å².